The molecule has 3 aromatic rings. The monoisotopic (exact) mass is 512 g/mol. The standard InChI is InChI=1S/C19H25ClN8O5S/c1-10(2)16-25-26-19(28(16)13-17(32-5)23-9-24-18(13)33-6)27-34(29,30)11(3)14(31-4)15-21-7-12(20)8-22-15/h7-11,14H,1-6H3,(H,26,27)/t11-,14-/m0/s1. The molecule has 0 aliphatic rings. The molecule has 0 bridgehead atoms. The third kappa shape index (κ3) is 5.03. The quantitative estimate of drug-likeness (QED) is 0.424. The number of nitrogens with one attached hydrogen (secondary N) is 1. The fourth-order valence-electron chi connectivity index (χ4n) is 3.15. The lowest BCUT2D eigenvalue weighted by Crippen LogP contribution is -2.33. The molecule has 13 nitrogen and oxygen atoms in total. The largest absolute Gasteiger partial charge is 0.479 e. The Bertz CT molecular complexity index is 1210. The van der Waals surface area contributed by atoms with Gasteiger partial charge in [0, 0.05) is 25.4 Å². The van der Waals surface area contributed by atoms with Crippen LogP contribution in [0.5, 0.6) is 11.8 Å². The van der Waals surface area contributed by atoms with Crippen LogP contribution >= 0.6 is 11.6 Å². The van der Waals surface area contributed by atoms with Gasteiger partial charge in [-0.25, -0.2) is 18.4 Å². The smallest absolute Gasteiger partial charge is 0.245 e. The van der Waals surface area contributed by atoms with Gasteiger partial charge >= 0.3 is 0 Å². The van der Waals surface area contributed by atoms with E-state index in [-0.39, 0.29) is 35.1 Å². The number of sulfonamides is 1. The highest BCUT2D eigenvalue weighted by Gasteiger charge is 2.35. The lowest BCUT2D eigenvalue weighted by Gasteiger charge is -2.22. The van der Waals surface area contributed by atoms with Crippen LogP contribution in [0, 0.1) is 0 Å². The van der Waals surface area contributed by atoms with Crippen LogP contribution < -0.4 is 14.2 Å². The molecule has 0 spiro atoms. The van der Waals surface area contributed by atoms with Gasteiger partial charge in [-0.05, 0) is 6.92 Å². The summed E-state index contributed by atoms with van der Waals surface area (Å²) in [6.45, 7) is 5.22. The Labute approximate surface area is 201 Å². The number of hydrogen-bond donors (Lipinski definition) is 1. The van der Waals surface area contributed by atoms with Crippen LogP contribution in [0.25, 0.3) is 5.69 Å². The van der Waals surface area contributed by atoms with E-state index in [1.807, 2.05) is 13.8 Å². The van der Waals surface area contributed by atoms with Gasteiger partial charge in [-0.2, -0.15) is 9.97 Å². The second-order valence-corrected chi connectivity index (χ2v) is 9.85. The molecular weight excluding hydrogens is 488 g/mol. The van der Waals surface area contributed by atoms with E-state index in [2.05, 4.69) is 34.9 Å². The summed E-state index contributed by atoms with van der Waals surface area (Å²) in [6.07, 6.45) is 3.01. The predicted octanol–water partition coefficient (Wildman–Crippen LogP) is 2.16. The number of methoxy groups -OCH3 is 3. The van der Waals surface area contributed by atoms with Crippen molar-refractivity contribution in [2.75, 3.05) is 26.1 Å². The second-order valence-electron chi connectivity index (χ2n) is 7.38. The third-order valence-electron chi connectivity index (χ3n) is 4.87. The van der Waals surface area contributed by atoms with Crippen LogP contribution in [-0.4, -0.2) is 69.7 Å². The maximum absolute atomic E-state index is 13.4. The number of halogens is 1. The first-order valence-corrected chi connectivity index (χ1v) is 12.0. The van der Waals surface area contributed by atoms with Gasteiger partial charge in [0.1, 0.15) is 23.5 Å². The van der Waals surface area contributed by atoms with Gasteiger partial charge in [0.2, 0.25) is 27.7 Å². The third-order valence-corrected chi connectivity index (χ3v) is 6.76. The molecule has 0 fully saturated rings. The Hall–Kier alpha value is -3.10. The van der Waals surface area contributed by atoms with Gasteiger partial charge in [-0.3, -0.25) is 9.29 Å². The predicted molar refractivity (Wildman–Crippen MR) is 123 cm³/mol. The van der Waals surface area contributed by atoms with Crippen molar-refractivity contribution in [2.45, 2.75) is 38.0 Å². The van der Waals surface area contributed by atoms with Crippen LogP contribution in [-0.2, 0) is 14.8 Å². The number of aromatic nitrogens is 7. The zero-order valence-corrected chi connectivity index (χ0v) is 21.0. The fraction of sp³-hybridized carbons (Fsp3) is 0.474. The Morgan fingerprint density at radius 2 is 1.56 bits per heavy atom. The highest BCUT2D eigenvalue weighted by molar-refractivity contribution is 7.93. The zero-order valence-electron chi connectivity index (χ0n) is 19.4. The highest BCUT2D eigenvalue weighted by atomic mass is 35.5. The van der Waals surface area contributed by atoms with Crippen LogP contribution in [0.4, 0.5) is 5.95 Å². The summed E-state index contributed by atoms with van der Waals surface area (Å²) in [6, 6.07) is 0. The number of anilines is 1. The van der Waals surface area contributed by atoms with Crippen molar-refractivity contribution < 1.29 is 22.6 Å². The minimum Gasteiger partial charge on any atom is -0.479 e. The number of ether oxygens (including phenoxy) is 3. The normalized spacial score (nSPS) is 13.5. The molecule has 3 rings (SSSR count). The van der Waals surface area contributed by atoms with E-state index in [4.69, 9.17) is 25.8 Å². The van der Waals surface area contributed by atoms with Gasteiger partial charge in [-0.1, -0.05) is 25.4 Å². The molecule has 0 saturated heterocycles. The average molecular weight is 513 g/mol. The number of nitrogens with zero attached hydrogens (tertiary/aromatic N) is 7. The van der Waals surface area contributed by atoms with E-state index < -0.39 is 21.4 Å². The van der Waals surface area contributed by atoms with E-state index in [1.54, 1.807) is 0 Å². The summed E-state index contributed by atoms with van der Waals surface area (Å²) in [7, 11) is 0.112. The van der Waals surface area contributed by atoms with Crippen molar-refractivity contribution in [3.8, 4) is 17.4 Å². The summed E-state index contributed by atoms with van der Waals surface area (Å²) < 4.78 is 46.8. The van der Waals surface area contributed by atoms with Gasteiger partial charge in [0.15, 0.2) is 11.5 Å². The molecule has 1 N–H and O–H groups in total. The molecule has 3 aromatic heterocycles. The molecule has 15 heteroatoms. The molecule has 34 heavy (non-hydrogen) atoms. The van der Waals surface area contributed by atoms with Crippen molar-refractivity contribution in [1.29, 1.82) is 0 Å². The molecule has 3 heterocycles. The Balaban J connectivity index is 2.08. The topological polar surface area (TPSA) is 156 Å². The summed E-state index contributed by atoms with van der Waals surface area (Å²) in [5, 5.41) is 7.43. The Morgan fingerprint density at radius 3 is 2.06 bits per heavy atom. The molecular formula is C19H25ClN8O5S. The lowest BCUT2D eigenvalue weighted by molar-refractivity contribution is 0.0950. The molecule has 0 amide bonds. The van der Waals surface area contributed by atoms with Gasteiger partial charge < -0.3 is 14.2 Å². The van der Waals surface area contributed by atoms with E-state index >= 15 is 0 Å². The fourth-order valence-corrected chi connectivity index (χ4v) is 4.38. The SMILES string of the molecule is COc1ncnc(OC)c1-n1c(NS(=O)(=O)[C@@H](C)[C@H](OC)c2ncc(Cl)cn2)nnc1C(C)C. The van der Waals surface area contributed by atoms with Crippen LogP contribution in [0.3, 0.4) is 0 Å². The minimum atomic E-state index is -4.10. The van der Waals surface area contributed by atoms with Gasteiger partial charge in [0.25, 0.3) is 0 Å². The van der Waals surface area contributed by atoms with Gasteiger partial charge in [0.05, 0.1) is 19.2 Å². The van der Waals surface area contributed by atoms with Crippen LogP contribution in [0.15, 0.2) is 18.7 Å². The first-order valence-electron chi connectivity index (χ1n) is 10.0. The Kier molecular flexibility index (Phi) is 7.84. The van der Waals surface area contributed by atoms with E-state index in [0.717, 1.165) is 0 Å². The summed E-state index contributed by atoms with van der Waals surface area (Å²) in [5.74, 6) is 0.633. The van der Waals surface area contributed by atoms with Crippen LogP contribution in [0.2, 0.25) is 5.02 Å². The molecule has 2 atom stereocenters. The Morgan fingerprint density at radius 1 is 0.971 bits per heavy atom. The molecule has 184 valence electrons. The van der Waals surface area contributed by atoms with Crippen molar-refractivity contribution in [3.63, 3.8) is 0 Å². The maximum atomic E-state index is 13.4. The summed E-state index contributed by atoms with van der Waals surface area (Å²) >= 11 is 5.84. The summed E-state index contributed by atoms with van der Waals surface area (Å²) in [5.41, 5.74) is 0.246. The molecule has 0 radical (unpaired) electrons. The maximum Gasteiger partial charge on any atom is 0.245 e. The van der Waals surface area contributed by atoms with E-state index in [1.165, 1.54) is 51.5 Å². The first-order chi connectivity index (χ1) is 16.1. The van der Waals surface area contributed by atoms with E-state index in [0.29, 0.717) is 10.8 Å². The van der Waals surface area contributed by atoms with Crippen LogP contribution in [0.1, 0.15) is 44.4 Å². The van der Waals surface area contributed by atoms with Crippen molar-refractivity contribution >= 4 is 27.6 Å². The molecule has 0 aliphatic carbocycles. The second kappa shape index (κ2) is 10.4. The average Bonchev–Trinajstić information content (AvgIpc) is 3.22. The summed E-state index contributed by atoms with van der Waals surface area (Å²) in [4.78, 5) is 16.4. The van der Waals surface area contributed by atoms with Crippen molar-refractivity contribution in [3.05, 3.63) is 35.4 Å². The molecule has 0 unspecified atom stereocenters. The number of hydrogen-bond acceptors (Lipinski definition) is 11. The first kappa shape index (κ1) is 25.5. The highest BCUT2D eigenvalue weighted by Crippen LogP contribution is 2.34. The molecule has 0 aromatic carbocycles. The lowest BCUT2D eigenvalue weighted by atomic mass is 10.2. The van der Waals surface area contributed by atoms with Crippen molar-refractivity contribution in [1.82, 2.24) is 34.7 Å². The molecule has 0 aliphatic heterocycles. The number of rotatable bonds is 10. The zero-order chi connectivity index (χ0) is 25.0. The van der Waals surface area contributed by atoms with Crippen molar-refractivity contribution in [2.24, 2.45) is 0 Å². The van der Waals surface area contributed by atoms with E-state index in [9.17, 15) is 8.42 Å². The minimum absolute atomic E-state index is 0.103. The molecule has 0 saturated carbocycles. The van der Waals surface area contributed by atoms with Gasteiger partial charge in [-0.15, -0.1) is 10.2 Å².